The standard InChI is InChI=1S/C11H22ClNO/c1-3-7-10(4-2)11(12)13-8-5-6-9-14/h10,14H,3-9H2,1-2H3. The molecule has 0 aromatic heterocycles. The molecule has 0 amide bonds. The molecule has 14 heavy (non-hydrogen) atoms. The van der Waals surface area contributed by atoms with E-state index in [0.29, 0.717) is 5.92 Å². The second-order valence-electron chi connectivity index (χ2n) is 3.53. The molecule has 1 atom stereocenters. The van der Waals surface area contributed by atoms with Gasteiger partial charge in [0.2, 0.25) is 0 Å². The lowest BCUT2D eigenvalue weighted by Gasteiger charge is -2.11. The lowest BCUT2D eigenvalue weighted by atomic mass is 10.0. The van der Waals surface area contributed by atoms with Gasteiger partial charge >= 0.3 is 0 Å². The van der Waals surface area contributed by atoms with Crippen LogP contribution in [0.1, 0.15) is 46.0 Å². The summed E-state index contributed by atoms with van der Waals surface area (Å²) >= 11 is 6.09. The number of aliphatic hydroxyl groups excluding tert-OH is 1. The molecular formula is C11H22ClNO. The van der Waals surface area contributed by atoms with Crippen LogP contribution in [-0.2, 0) is 0 Å². The van der Waals surface area contributed by atoms with Gasteiger partial charge in [0.15, 0.2) is 0 Å². The van der Waals surface area contributed by atoms with Gasteiger partial charge in [-0.25, -0.2) is 0 Å². The van der Waals surface area contributed by atoms with Gasteiger partial charge in [0.05, 0.1) is 0 Å². The fraction of sp³-hybridized carbons (Fsp3) is 0.909. The van der Waals surface area contributed by atoms with Gasteiger partial charge in [0.25, 0.3) is 0 Å². The van der Waals surface area contributed by atoms with Crippen LogP contribution in [-0.4, -0.2) is 23.4 Å². The van der Waals surface area contributed by atoms with E-state index in [-0.39, 0.29) is 6.61 Å². The summed E-state index contributed by atoms with van der Waals surface area (Å²) in [5, 5.41) is 9.36. The molecule has 0 fully saturated rings. The average molecular weight is 220 g/mol. The Morgan fingerprint density at radius 2 is 2.07 bits per heavy atom. The molecule has 0 aliphatic heterocycles. The minimum atomic E-state index is 0.249. The van der Waals surface area contributed by atoms with E-state index in [1.807, 2.05) is 0 Å². The van der Waals surface area contributed by atoms with Gasteiger partial charge in [-0.05, 0) is 25.7 Å². The van der Waals surface area contributed by atoms with Crippen molar-refractivity contribution in [1.82, 2.24) is 0 Å². The maximum atomic E-state index is 8.59. The molecule has 3 heteroatoms. The molecule has 0 aliphatic carbocycles. The highest BCUT2D eigenvalue weighted by Gasteiger charge is 2.09. The molecule has 0 saturated heterocycles. The van der Waals surface area contributed by atoms with E-state index >= 15 is 0 Å². The van der Waals surface area contributed by atoms with E-state index in [1.54, 1.807) is 0 Å². The lowest BCUT2D eigenvalue weighted by molar-refractivity contribution is 0.285. The predicted octanol–water partition coefficient (Wildman–Crippen LogP) is 3.22. The zero-order chi connectivity index (χ0) is 10.8. The summed E-state index contributed by atoms with van der Waals surface area (Å²) in [5.74, 6) is 0.441. The SMILES string of the molecule is CCCC(CC)C(Cl)=NCCCCO. The molecule has 0 saturated carbocycles. The van der Waals surface area contributed by atoms with Crippen molar-refractivity contribution in [3.05, 3.63) is 0 Å². The lowest BCUT2D eigenvalue weighted by Crippen LogP contribution is -2.08. The van der Waals surface area contributed by atoms with E-state index in [4.69, 9.17) is 16.7 Å². The third kappa shape index (κ3) is 6.39. The zero-order valence-electron chi connectivity index (χ0n) is 9.30. The number of rotatable bonds is 8. The molecule has 0 radical (unpaired) electrons. The number of halogens is 1. The van der Waals surface area contributed by atoms with Crippen molar-refractivity contribution in [3.8, 4) is 0 Å². The Labute approximate surface area is 92.4 Å². The van der Waals surface area contributed by atoms with Crippen LogP contribution >= 0.6 is 11.6 Å². The summed E-state index contributed by atoms with van der Waals surface area (Å²) in [6, 6.07) is 0. The molecule has 1 N–H and O–H groups in total. The molecule has 84 valence electrons. The number of unbranched alkanes of at least 4 members (excludes halogenated alkanes) is 1. The molecular weight excluding hydrogens is 198 g/mol. The maximum Gasteiger partial charge on any atom is 0.103 e. The van der Waals surface area contributed by atoms with Gasteiger partial charge in [-0.3, -0.25) is 4.99 Å². The Balaban J connectivity index is 3.80. The van der Waals surface area contributed by atoms with E-state index < -0.39 is 0 Å². The summed E-state index contributed by atoms with van der Waals surface area (Å²) in [7, 11) is 0. The maximum absolute atomic E-state index is 8.59. The smallest absolute Gasteiger partial charge is 0.103 e. The monoisotopic (exact) mass is 219 g/mol. The normalized spacial score (nSPS) is 14.4. The Bertz CT molecular complexity index is 159. The Morgan fingerprint density at radius 3 is 2.57 bits per heavy atom. The van der Waals surface area contributed by atoms with Crippen LogP contribution in [0, 0.1) is 5.92 Å². The molecule has 0 heterocycles. The van der Waals surface area contributed by atoms with Crippen LogP contribution < -0.4 is 0 Å². The molecule has 0 aromatic rings. The largest absolute Gasteiger partial charge is 0.396 e. The molecule has 0 aliphatic rings. The molecule has 1 unspecified atom stereocenters. The highest BCUT2D eigenvalue weighted by molar-refractivity contribution is 6.65. The molecule has 0 bridgehead atoms. The van der Waals surface area contributed by atoms with Crippen molar-refractivity contribution in [3.63, 3.8) is 0 Å². The summed E-state index contributed by atoms with van der Waals surface area (Å²) in [4.78, 5) is 4.32. The first kappa shape index (κ1) is 13.9. The second-order valence-corrected chi connectivity index (χ2v) is 3.92. The van der Waals surface area contributed by atoms with Gasteiger partial charge in [0, 0.05) is 19.1 Å². The number of hydrogen-bond donors (Lipinski definition) is 1. The highest BCUT2D eigenvalue weighted by Crippen LogP contribution is 2.15. The average Bonchev–Trinajstić information content (AvgIpc) is 2.20. The quantitative estimate of drug-likeness (QED) is 0.494. The third-order valence-electron chi connectivity index (χ3n) is 2.30. The van der Waals surface area contributed by atoms with E-state index in [0.717, 1.165) is 43.8 Å². The van der Waals surface area contributed by atoms with Gasteiger partial charge < -0.3 is 5.11 Å². The minimum Gasteiger partial charge on any atom is -0.396 e. The predicted molar refractivity (Wildman–Crippen MR) is 63.2 cm³/mol. The topological polar surface area (TPSA) is 32.6 Å². The summed E-state index contributed by atoms with van der Waals surface area (Å²) in [6.07, 6.45) is 5.09. The number of nitrogens with zero attached hydrogens (tertiary/aromatic N) is 1. The van der Waals surface area contributed by atoms with E-state index in [9.17, 15) is 0 Å². The number of aliphatic hydroxyl groups is 1. The second kappa shape index (κ2) is 9.47. The van der Waals surface area contributed by atoms with Gasteiger partial charge in [-0.2, -0.15) is 0 Å². The van der Waals surface area contributed by atoms with Crippen molar-refractivity contribution in [2.75, 3.05) is 13.2 Å². The van der Waals surface area contributed by atoms with Crippen LogP contribution in [0.5, 0.6) is 0 Å². The van der Waals surface area contributed by atoms with Crippen LogP contribution in [0.3, 0.4) is 0 Å². The summed E-state index contributed by atoms with van der Waals surface area (Å²) in [6.45, 7) is 5.31. The zero-order valence-corrected chi connectivity index (χ0v) is 10.1. The van der Waals surface area contributed by atoms with Gasteiger partial charge in [-0.15, -0.1) is 0 Å². The van der Waals surface area contributed by atoms with Crippen molar-refractivity contribution >= 4 is 16.8 Å². The van der Waals surface area contributed by atoms with Crippen molar-refractivity contribution in [2.45, 2.75) is 46.0 Å². The van der Waals surface area contributed by atoms with Crippen molar-refractivity contribution < 1.29 is 5.11 Å². The molecule has 0 rings (SSSR count). The summed E-state index contributed by atoms with van der Waals surface area (Å²) in [5.41, 5.74) is 0. The highest BCUT2D eigenvalue weighted by atomic mass is 35.5. The van der Waals surface area contributed by atoms with E-state index in [1.165, 1.54) is 0 Å². The fourth-order valence-corrected chi connectivity index (χ4v) is 1.73. The molecule has 0 aromatic carbocycles. The van der Waals surface area contributed by atoms with E-state index in [2.05, 4.69) is 18.8 Å². The Kier molecular flexibility index (Phi) is 9.42. The van der Waals surface area contributed by atoms with Crippen LogP contribution in [0.25, 0.3) is 0 Å². The number of aliphatic imine (C=N–C) groups is 1. The third-order valence-corrected chi connectivity index (χ3v) is 2.72. The first-order valence-electron chi connectivity index (χ1n) is 5.56. The van der Waals surface area contributed by atoms with Crippen LogP contribution in [0.4, 0.5) is 0 Å². The van der Waals surface area contributed by atoms with Crippen molar-refractivity contribution in [2.24, 2.45) is 10.9 Å². The van der Waals surface area contributed by atoms with Crippen LogP contribution in [0.2, 0.25) is 0 Å². The molecule has 0 spiro atoms. The first-order chi connectivity index (χ1) is 6.76. The number of hydrogen-bond acceptors (Lipinski definition) is 2. The molecule has 2 nitrogen and oxygen atoms in total. The minimum absolute atomic E-state index is 0.249. The van der Waals surface area contributed by atoms with Crippen LogP contribution in [0.15, 0.2) is 4.99 Å². The fourth-order valence-electron chi connectivity index (χ4n) is 1.38. The summed E-state index contributed by atoms with van der Waals surface area (Å²) < 4.78 is 0. The van der Waals surface area contributed by atoms with Gasteiger partial charge in [-0.1, -0.05) is 31.9 Å². The first-order valence-corrected chi connectivity index (χ1v) is 5.94. The van der Waals surface area contributed by atoms with Crippen molar-refractivity contribution in [1.29, 1.82) is 0 Å². The Morgan fingerprint density at radius 1 is 1.36 bits per heavy atom. The Hall–Kier alpha value is -0.0800. The van der Waals surface area contributed by atoms with Gasteiger partial charge in [0.1, 0.15) is 5.17 Å².